The van der Waals surface area contributed by atoms with Gasteiger partial charge >= 0.3 is 5.97 Å². The molecule has 182 valence electrons. The fourth-order valence-corrected chi connectivity index (χ4v) is 4.21. The van der Waals surface area contributed by atoms with Gasteiger partial charge in [0.2, 0.25) is 0 Å². The second-order valence-corrected chi connectivity index (χ2v) is 9.14. The number of nitriles is 1. The van der Waals surface area contributed by atoms with E-state index in [0.717, 1.165) is 11.1 Å². The first kappa shape index (κ1) is 27.0. The van der Waals surface area contributed by atoms with Gasteiger partial charge in [0.15, 0.2) is 0 Å². The van der Waals surface area contributed by atoms with Crippen LogP contribution in [0.3, 0.4) is 0 Å². The van der Waals surface area contributed by atoms with Gasteiger partial charge in [0.25, 0.3) is 5.91 Å². The van der Waals surface area contributed by atoms with E-state index in [0.29, 0.717) is 27.9 Å². The number of halogens is 3. The summed E-state index contributed by atoms with van der Waals surface area (Å²) in [5, 5.41) is 21.7. The highest BCUT2D eigenvalue weighted by molar-refractivity contribution is 9.10. The molecule has 0 aliphatic heterocycles. The van der Waals surface area contributed by atoms with Crippen molar-refractivity contribution in [3.8, 4) is 11.8 Å². The molecule has 0 atom stereocenters. The number of carboxylic acids is 1. The van der Waals surface area contributed by atoms with Crippen LogP contribution in [0.4, 0.5) is 5.69 Å². The van der Waals surface area contributed by atoms with Crippen LogP contribution in [0.25, 0.3) is 6.08 Å². The Morgan fingerprint density at radius 1 is 1.17 bits per heavy atom. The van der Waals surface area contributed by atoms with E-state index >= 15 is 0 Å². The molecule has 0 radical (unpaired) electrons. The Morgan fingerprint density at radius 2 is 1.89 bits per heavy atom. The Labute approximate surface area is 226 Å². The highest BCUT2D eigenvalue weighted by Gasteiger charge is 2.15. The number of aromatic carboxylic acids is 1. The normalized spacial score (nSPS) is 10.9. The molecule has 6 nitrogen and oxygen atoms in total. The molecule has 3 aromatic rings. The van der Waals surface area contributed by atoms with E-state index in [1.54, 1.807) is 48.5 Å². The minimum atomic E-state index is -0.997. The molecule has 3 aromatic carbocycles. The van der Waals surface area contributed by atoms with Gasteiger partial charge in [-0.3, -0.25) is 4.79 Å². The number of carbonyl (C=O) groups excluding carboxylic acids is 1. The summed E-state index contributed by atoms with van der Waals surface area (Å²) in [5.74, 6) is -1.06. The summed E-state index contributed by atoms with van der Waals surface area (Å²) in [4.78, 5) is 23.7. The van der Waals surface area contributed by atoms with Gasteiger partial charge in [0, 0.05) is 0 Å². The number of carbonyl (C=O) groups is 2. The molecular formula is C27H19BrCl2N2O4. The van der Waals surface area contributed by atoms with Crippen molar-refractivity contribution in [3.05, 3.63) is 110 Å². The molecule has 0 fully saturated rings. The number of amides is 1. The standard InChI is InChI=1S/C27H19BrCl2N2O4/c1-2-4-19-11-17(12-20(14-31)26(33)32-23-6-3-5-22(29)24(23)30)13-21(28)25(19)36-15-16-7-9-18(10-8-16)27(34)35/h2-3,5-13H,1,4,15H2,(H,32,33)(H,34,35)/b20-12-. The third kappa shape index (κ3) is 6.76. The van der Waals surface area contributed by atoms with E-state index in [1.165, 1.54) is 18.2 Å². The smallest absolute Gasteiger partial charge is 0.335 e. The molecule has 0 saturated heterocycles. The van der Waals surface area contributed by atoms with Crippen molar-refractivity contribution in [1.29, 1.82) is 5.26 Å². The fraction of sp³-hybridized carbons (Fsp3) is 0.0741. The van der Waals surface area contributed by atoms with Crippen LogP contribution in [0.15, 0.2) is 77.3 Å². The van der Waals surface area contributed by atoms with E-state index in [9.17, 15) is 14.9 Å². The lowest BCUT2D eigenvalue weighted by Gasteiger charge is -2.14. The Hall–Kier alpha value is -3.57. The average molecular weight is 586 g/mol. The van der Waals surface area contributed by atoms with Gasteiger partial charge in [-0.05, 0) is 81.5 Å². The molecule has 0 bridgehead atoms. The Kier molecular flexibility index (Phi) is 9.31. The second-order valence-electron chi connectivity index (χ2n) is 7.50. The first-order chi connectivity index (χ1) is 17.2. The summed E-state index contributed by atoms with van der Waals surface area (Å²) in [6.07, 6.45) is 3.64. The highest BCUT2D eigenvalue weighted by Crippen LogP contribution is 2.34. The van der Waals surface area contributed by atoms with E-state index in [1.807, 2.05) is 6.07 Å². The predicted octanol–water partition coefficient (Wildman–Crippen LogP) is 7.31. The second kappa shape index (κ2) is 12.4. The summed E-state index contributed by atoms with van der Waals surface area (Å²) in [6.45, 7) is 4.00. The van der Waals surface area contributed by atoms with Crippen molar-refractivity contribution >= 4 is 62.8 Å². The molecule has 1 amide bonds. The van der Waals surface area contributed by atoms with Crippen molar-refractivity contribution in [1.82, 2.24) is 0 Å². The number of benzene rings is 3. The quantitative estimate of drug-likeness (QED) is 0.156. The molecule has 0 unspecified atom stereocenters. The summed E-state index contributed by atoms with van der Waals surface area (Å²) in [6, 6.07) is 16.7. The van der Waals surface area contributed by atoms with Crippen molar-refractivity contribution in [2.75, 3.05) is 5.32 Å². The molecule has 0 saturated carbocycles. The van der Waals surface area contributed by atoms with Crippen molar-refractivity contribution < 1.29 is 19.4 Å². The number of rotatable bonds is 9. The van der Waals surface area contributed by atoms with Gasteiger partial charge < -0.3 is 15.2 Å². The summed E-state index contributed by atoms with van der Waals surface area (Å²) in [7, 11) is 0. The lowest BCUT2D eigenvalue weighted by atomic mass is 10.0. The van der Waals surface area contributed by atoms with Crippen molar-refractivity contribution in [3.63, 3.8) is 0 Å². The number of carboxylic acid groups (broad SMARTS) is 1. The molecule has 2 N–H and O–H groups in total. The number of anilines is 1. The number of nitrogens with one attached hydrogen (secondary N) is 1. The van der Waals surface area contributed by atoms with Gasteiger partial charge in [-0.1, -0.05) is 47.5 Å². The van der Waals surface area contributed by atoms with Gasteiger partial charge in [0.1, 0.15) is 24.0 Å². The maximum atomic E-state index is 12.7. The summed E-state index contributed by atoms with van der Waals surface area (Å²) >= 11 is 15.6. The number of allylic oxidation sites excluding steroid dienone is 1. The molecular weight excluding hydrogens is 567 g/mol. The van der Waals surface area contributed by atoms with Crippen molar-refractivity contribution in [2.45, 2.75) is 13.0 Å². The van der Waals surface area contributed by atoms with E-state index < -0.39 is 11.9 Å². The van der Waals surface area contributed by atoms with Gasteiger partial charge in [0.05, 0.1) is 25.8 Å². The van der Waals surface area contributed by atoms with E-state index in [-0.39, 0.29) is 27.8 Å². The predicted molar refractivity (Wildman–Crippen MR) is 144 cm³/mol. The van der Waals surface area contributed by atoms with E-state index in [4.69, 9.17) is 33.0 Å². The van der Waals surface area contributed by atoms with Gasteiger partial charge in [-0.2, -0.15) is 5.26 Å². The van der Waals surface area contributed by atoms with Crippen LogP contribution in [0, 0.1) is 11.3 Å². The largest absolute Gasteiger partial charge is 0.487 e. The van der Waals surface area contributed by atoms with Crippen LogP contribution >= 0.6 is 39.1 Å². The van der Waals surface area contributed by atoms with Crippen LogP contribution < -0.4 is 10.1 Å². The molecule has 0 aromatic heterocycles. The molecule has 3 rings (SSSR count). The number of nitrogens with zero attached hydrogens (tertiary/aromatic N) is 1. The number of hydrogen-bond acceptors (Lipinski definition) is 4. The summed E-state index contributed by atoms with van der Waals surface area (Å²) < 4.78 is 6.63. The van der Waals surface area contributed by atoms with Crippen LogP contribution in [-0.2, 0) is 17.8 Å². The SMILES string of the molecule is C=CCc1cc(/C=C(/C#N)C(=O)Nc2cccc(Cl)c2Cl)cc(Br)c1OCc1ccc(C(=O)O)cc1. The Morgan fingerprint density at radius 3 is 2.53 bits per heavy atom. The first-order valence-electron chi connectivity index (χ1n) is 10.5. The molecule has 0 aliphatic rings. The Bertz CT molecular complexity index is 1400. The summed E-state index contributed by atoms with van der Waals surface area (Å²) in [5.41, 5.74) is 2.53. The average Bonchev–Trinajstić information content (AvgIpc) is 2.85. The van der Waals surface area contributed by atoms with E-state index in [2.05, 4.69) is 27.8 Å². The molecule has 0 spiro atoms. The highest BCUT2D eigenvalue weighted by atomic mass is 79.9. The lowest BCUT2D eigenvalue weighted by Crippen LogP contribution is -2.13. The van der Waals surface area contributed by atoms with Gasteiger partial charge in [-0.15, -0.1) is 6.58 Å². The van der Waals surface area contributed by atoms with Crippen LogP contribution in [0.5, 0.6) is 5.75 Å². The maximum absolute atomic E-state index is 12.7. The van der Waals surface area contributed by atoms with Crippen molar-refractivity contribution in [2.24, 2.45) is 0 Å². The lowest BCUT2D eigenvalue weighted by molar-refractivity contribution is -0.112. The molecule has 9 heteroatoms. The van der Waals surface area contributed by atoms with Crippen LogP contribution in [0.1, 0.15) is 27.0 Å². The molecule has 0 heterocycles. The minimum absolute atomic E-state index is 0.130. The third-order valence-electron chi connectivity index (χ3n) is 4.97. The first-order valence-corrected chi connectivity index (χ1v) is 12.0. The zero-order valence-corrected chi connectivity index (χ0v) is 21.8. The van der Waals surface area contributed by atoms with Gasteiger partial charge in [-0.25, -0.2) is 4.79 Å². The molecule has 0 aliphatic carbocycles. The fourth-order valence-electron chi connectivity index (χ4n) is 3.23. The third-order valence-corrected chi connectivity index (χ3v) is 6.37. The topological polar surface area (TPSA) is 99.4 Å². The molecule has 36 heavy (non-hydrogen) atoms. The maximum Gasteiger partial charge on any atom is 0.335 e. The van der Waals surface area contributed by atoms with Crippen LogP contribution in [0.2, 0.25) is 10.0 Å². The zero-order chi connectivity index (χ0) is 26.2. The minimum Gasteiger partial charge on any atom is -0.487 e. The monoisotopic (exact) mass is 584 g/mol. The number of ether oxygens (including phenoxy) is 1. The Balaban J connectivity index is 1.85. The zero-order valence-electron chi connectivity index (χ0n) is 18.7. The number of hydrogen-bond donors (Lipinski definition) is 2. The van der Waals surface area contributed by atoms with Crippen LogP contribution in [-0.4, -0.2) is 17.0 Å².